The molecule has 4 rings (SSSR count). The minimum atomic E-state index is -0.105. The molecule has 4 nitrogen and oxygen atoms in total. The number of likely N-dealkylation sites (tertiary alicyclic amines) is 1. The lowest BCUT2D eigenvalue weighted by Gasteiger charge is -2.19. The molecule has 2 fully saturated rings. The number of rotatable bonds is 2. The summed E-state index contributed by atoms with van der Waals surface area (Å²) in [7, 11) is 0. The fraction of sp³-hybridized carbons (Fsp3) is 0.471. The Labute approximate surface area is 124 Å². The smallest absolute Gasteiger partial charge is 0.128 e. The van der Waals surface area contributed by atoms with E-state index >= 15 is 0 Å². The molecule has 110 valence electrons. The van der Waals surface area contributed by atoms with Gasteiger partial charge in [-0.3, -0.25) is 4.90 Å². The highest BCUT2D eigenvalue weighted by Gasteiger charge is 2.41. The van der Waals surface area contributed by atoms with Crippen molar-refractivity contribution in [3.63, 3.8) is 0 Å². The average Bonchev–Trinajstić information content (AvgIpc) is 3.02. The van der Waals surface area contributed by atoms with Gasteiger partial charge in [-0.05, 0) is 30.9 Å². The number of nitrogen functional groups attached to an aromatic ring is 1. The molecule has 2 heterocycles. The number of nitrogens with two attached hydrogens (primary N) is 1. The second-order valence-corrected chi connectivity index (χ2v) is 6.49. The third-order valence-corrected chi connectivity index (χ3v) is 5.13. The first kappa shape index (κ1) is 13.0. The fourth-order valence-corrected chi connectivity index (χ4v) is 4.00. The summed E-state index contributed by atoms with van der Waals surface area (Å²) >= 11 is 0. The van der Waals surface area contributed by atoms with Gasteiger partial charge in [0.1, 0.15) is 5.82 Å². The lowest BCUT2D eigenvalue weighted by Crippen LogP contribution is -2.25. The van der Waals surface area contributed by atoms with Crippen LogP contribution in [0.4, 0.5) is 5.82 Å². The highest BCUT2D eigenvalue weighted by atomic mass is 16.3. The van der Waals surface area contributed by atoms with Crippen LogP contribution in [-0.2, 0) is 6.54 Å². The van der Waals surface area contributed by atoms with Crippen molar-refractivity contribution in [2.45, 2.75) is 25.5 Å². The molecule has 0 spiro atoms. The largest absolute Gasteiger partial charge is 0.393 e. The Morgan fingerprint density at radius 1 is 1.24 bits per heavy atom. The molecule has 0 bridgehead atoms. The molecule has 1 saturated carbocycles. The maximum atomic E-state index is 10.0. The topological polar surface area (TPSA) is 62.4 Å². The zero-order chi connectivity index (χ0) is 14.4. The van der Waals surface area contributed by atoms with E-state index in [1.807, 2.05) is 18.2 Å². The van der Waals surface area contributed by atoms with Crippen molar-refractivity contribution in [2.24, 2.45) is 11.8 Å². The summed E-state index contributed by atoms with van der Waals surface area (Å²) in [6.07, 6.45) is 2.03. The van der Waals surface area contributed by atoms with Crippen LogP contribution in [0.15, 0.2) is 30.3 Å². The molecule has 1 aromatic heterocycles. The van der Waals surface area contributed by atoms with Crippen molar-refractivity contribution in [2.75, 3.05) is 18.8 Å². The molecule has 1 aliphatic heterocycles. The van der Waals surface area contributed by atoms with Gasteiger partial charge >= 0.3 is 0 Å². The first-order valence-corrected chi connectivity index (χ1v) is 7.75. The Morgan fingerprint density at radius 3 is 2.95 bits per heavy atom. The molecule has 21 heavy (non-hydrogen) atoms. The van der Waals surface area contributed by atoms with Crippen LogP contribution >= 0.6 is 0 Å². The lowest BCUT2D eigenvalue weighted by atomic mass is 10.00. The quantitative estimate of drug-likeness (QED) is 0.885. The van der Waals surface area contributed by atoms with Crippen LogP contribution in [-0.4, -0.2) is 34.2 Å². The van der Waals surface area contributed by atoms with Gasteiger partial charge in [-0.15, -0.1) is 0 Å². The van der Waals surface area contributed by atoms with Crippen molar-refractivity contribution >= 4 is 16.7 Å². The zero-order valence-electron chi connectivity index (χ0n) is 12.1. The van der Waals surface area contributed by atoms with Gasteiger partial charge in [0, 0.05) is 36.5 Å². The summed E-state index contributed by atoms with van der Waals surface area (Å²) in [5.74, 6) is 1.75. The standard InChI is InChI=1S/C17H21N3O/c18-17-13(7-11-3-1-2-4-15(11)19-17)9-20-8-12-5-6-16(21)14(12)10-20/h1-4,7,12,14,16,21H,5-6,8-10H2,(H2,18,19). The summed E-state index contributed by atoms with van der Waals surface area (Å²) in [5.41, 5.74) is 8.17. The van der Waals surface area contributed by atoms with Gasteiger partial charge < -0.3 is 10.8 Å². The second-order valence-electron chi connectivity index (χ2n) is 6.49. The normalized spacial score (nSPS) is 29.1. The molecule has 1 saturated heterocycles. The van der Waals surface area contributed by atoms with E-state index in [1.54, 1.807) is 0 Å². The monoisotopic (exact) mass is 283 g/mol. The van der Waals surface area contributed by atoms with Crippen molar-refractivity contribution < 1.29 is 5.11 Å². The van der Waals surface area contributed by atoms with Gasteiger partial charge in [0.05, 0.1) is 11.6 Å². The number of hydrogen-bond acceptors (Lipinski definition) is 4. The van der Waals surface area contributed by atoms with Gasteiger partial charge in [-0.25, -0.2) is 4.98 Å². The number of nitrogens with zero attached hydrogens (tertiary/aromatic N) is 2. The SMILES string of the molecule is Nc1nc2ccccc2cc1CN1CC2CCC(O)C2C1. The molecule has 2 aliphatic rings. The Morgan fingerprint density at radius 2 is 2.10 bits per heavy atom. The zero-order valence-corrected chi connectivity index (χ0v) is 12.1. The first-order chi connectivity index (χ1) is 10.2. The van der Waals surface area contributed by atoms with Crippen LogP contribution in [0.1, 0.15) is 18.4 Å². The van der Waals surface area contributed by atoms with E-state index < -0.39 is 0 Å². The highest BCUT2D eigenvalue weighted by molar-refractivity contribution is 5.81. The molecule has 1 aliphatic carbocycles. The Bertz CT molecular complexity index is 672. The molecule has 4 heteroatoms. The minimum absolute atomic E-state index is 0.105. The molecule has 1 aromatic carbocycles. The number of para-hydroxylation sites is 1. The number of pyridine rings is 1. The summed E-state index contributed by atoms with van der Waals surface area (Å²) in [5, 5.41) is 11.2. The van der Waals surface area contributed by atoms with E-state index in [0.717, 1.165) is 48.9 Å². The second kappa shape index (κ2) is 4.97. The number of aliphatic hydroxyl groups is 1. The lowest BCUT2D eigenvalue weighted by molar-refractivity contribution is 0.123. The number of benzene rings is 1. The fourth-order valence-electron chi connectivity index (χ4n) is 4.00. The van der Waals surface area contributed by atoms with Crippen LogP contribution in [0.5, 0.6) is 0 Å². The van der Waals surface area contributed by atoms with Crippen LogP contribution in [0, 0.1) is 11.8 Å². The van der Waals surface area contributed by atoms with E-state index in [2.05, 4.69) is 22.0 Å². The van der Waals surface area contributed by atoms with Gasteiger partial charge in [-0.1, -0.05) is 18.2 Å². The summed E-state index contributed by atoms with van der Waals surface area (Å²) in [6.45, 7) is 2.90. The van der Waals surface area contributed by atoms with E-state index in [4.69, 9.17) is 5.73 Å². The van der Waals surface area contributed by atoms with Gasteiger partial charge in [0.15, 0.2) is 0 Å². The van der Waals surface area contributed by atoms with Crippen molar-refractivity contribution in [1.82, 2.24) is 9.88 Å². The van der Waals surface area contributed by atoms with E-state index in [0.29, 0.717) is 17.7 Å². The van der Waals surface area contributed by atoms with Crippen molar-refractivity contribution in [3.8, 4) is 0 Å². The Balaban J connectivity index is 1.56. The highest BCUT2D eigenvalue weighted by Crippen LogP contribution is 2.38. The third-order valence-electron chi connectivity index (χ3n) is 5.13. The number of fused-ring (bicyclic) bond motifs is 2. The third kappa shape index (κ3) is 2.28. The van der Waals surface area contributed by atoms with Gasteiger partial charge in [0.25, 0.3) is 0 Å². The number of aliphatic hydroxyl groups excluding tert-OH is 1. The molecule has 3 N–H and O–H groups in total. The Hall–Kier alpha value is -1.65. The average molecular weight is 283 g/mol. The molecule has 2 aromatic rings. The van der Waals surface area contributed by atoms with Crippen LogP contribution in [0.2, 0.25) is 0 Å². The maximum Gasteiger partial charge on any atom is 0.128 e. The predicted molar refractivity (Wildman–Crippen MR) is 83.7 cm³/mol. The summed E-state index contributed by atoms with van der Waals surface area (Å²) in [6, 6.07) is 10.2. The maximum absolute atomic E-state index is 10.0. The molecule has 0 radical (unpaired) electrons. The first-order valence-electron chi connectivity index (χ1n) is 7.75. The van der Waals surface area contributed by atoms with Crippen LogP contribution in [0.3, 0.4) is 0 Å². The van der Waals surface area contributed by atoms with Crippen LogP contribution in [0.25, 0.3) is 10.9 Å². The van der Waals surface area contributed by atoms with Crippen molar-refractivity contribution in [1.29, 1.82) is 0 Å². The molecule has 3 atom stereocenters. The van der Waals surface area contributed by atoms with Crippen molar-refractivity contribution in [3.05, 3.63) is 35.9 Å². The number of hydrogen-bond donors (Lipinski definition) is 2. The van der Waals surface area contributed by atoms with Crippen LogP contribution < -0.4 is 5.73 Å². The molecule has 0 amide bonds. The summed E-state index contributed by atoms with van der Waals surface area (Å²) in [4.78, 5) is 6.92. The van der Waals surface area contributed by atoms with E-state index in [9.17, 15) is 5.11 Å². The molecule has 3 unspecified atom stereocenters. The predicted octanol–water partition coefficient (Wildman–Crippen LogP) is 2.02. The van der Waals surface area contributed by atoms with Gasteiger partial charge in [-0.2, -0.15) is 0 Å². The molecular weight excluding hydrogens is 262 g/mol. The number of aromatic nitrogens is 1. The van der Waals surface area contributed by atoms with Gasteiger partial charge in [0.2, 0.25) is 0 Å². The minimum Gasteiger partial charge on any atom is -0.393 e. The Kier molecular flexibility index (Phi) is 3.08. The van der Waals surface area contributed by atoms with E-state index in [1.165, 1.54) is 0 Å². The summed E-state index contributed by atoms with van der Waals surface area (Å²) < 4.78 is 0. The van der Waals surface area contributed by atoms with E-state index in [-0.39, 0.29) is 6.10 Å². The number of anilines is 1. The molecular formula is C17H21N3O.